The fourth-order valence-corrected chi connectivity index (χ4v) is 3.42. The third-order valence-corrected chi connectivity index (χ3v) is 5.18. The maximum absolute atomic E-state index is 13.3. The zero-order valence-electron chi connectivity index (χ0n) is 15.8. The number of halogens is 2. The van der Waals surface area contributed by atoms with Gasteiger partial charge in [0.25, 0.3) is 5.56 Å². The van der Waals surface area contributed by atoms with Crippen molar-refractivity contribution < 1.29 is 9.90 Å². The lowest BCUT2D eigenvalue weighted by atomic mass is 10.0. The Balaban J connectivity index is 1.96. The Labute approximate surface area is 186 Å². The topological polar surface area (TPSA) is 88.0 Å². The number of rotatable bonds is 4. The van der Waals surface area contributed by atoms with Crippen LogP contribution in [-0.4, -0.2) is 20.3 Å². The Bertz CT molecular complexity index is 1380. The number of carbonyl (C=O) groups excluding carboxylic acids is 1. The van der Waals surface area contributed by atoms with Crippen LogP contribution in [0.15, 0.2) is 77.6 Å². The van der Waals surface area contributed by atoms with Gasteiger partial charge in [-0.15, -0.1) is 0 Å². The molecule has 0 spiro atoms. The van der Waals surface area contributed by atoms with Crippen LogP contribution in [0.5, 0.6) is 5.88 Å². The number of nitrogens with zero attached hydrogens (tertiary/aromatic N) is 3. The second-order valence-corrected chi connectivity index (χ2v) is 7.47. The van der Waals surface area contributed by atoms with Crippen LogP contribution in [0.3, 0.4) is 0 Å². The third-order valence-electron chi connectivity index (χ3n) is 4.68. The summed E-state index contributed by atoms with van der Waals surface area (Å²) < 4.78 is 2.42. The maximum Gasteiger partial charge on any atom is 0.287 e. The molecule has 8 heteroatoms. The van der Waals surface area contributed by atoms with E-state index in [1.165, 1.54) is 33.6 Å². The van der Waals surface area contributed by atoms with Crippen molar-refractivity contribution >= 4 is 29.0 Å². The number of carbonyl (C=O) groups is 1. The highest BCUT2D eigenvalue weighted by atomic mass is 35.5. The first-order valence-electron chi connectivity index (χ1n) is 9.04. The normalized spacial score (nSPS) is 10.6. The van der Waals surface area contributed by atoms with Crippen molar-refractivity contribution in [3.8, 4) is 23.3 Å². The predicted octanol–water partition coefficient (Wildman–Crippen LogP) is 4.74. The van der Waals surface area contributed by atoms with E-state index in [0.29, 0.717) is 27.0 Å². The van der Waals surface area contributed by atoms with Crippen LogP contribution in [0, 0.1) is 11.3 Å². The van der Waals surface area contributed by atoms with E-state index in [4.69, 9.17) is 28.5 Å². The Morgan fingerprint density at radius 3 is 1.77 bits per heavy atom. The number of aromatic nitrogens is 2. The molecule has 6 nitrogen and oxygen atoms in total. The monoisotopic (exact) mass is 449 g/mol. The van der Waals surface area contributed by atoms with Gasteiger partial charge in [-0.2, -0.15) is 5.26 Å². The fourth-order valence-electron chi connectivity index (χ4n) is 3.17. The summed E-state index contributed by atoms with van der Waals surface area (Å²) in [6.07, 6.45) is 0. The van der Waals surface area contributed by atoms with E-state index in [1.54, 1.807) is 48.5 Å². The second kappa shape index (κ2) is 8.15. The van der Waals surface area contributed by atoms with Crippen LogP contribution >= 0.6 is 23.2 Å². The number of aromatic hydroxyl groups is 1. The zero-order chi connectivity index (χ0) is 22.1. The molecule has 1 heterocycles. The number of hydrogen-bond acceptors (Lipinski definition) is 4. The minimum atomic E-state index is -0.705. The van der Waals surface area contributed by atoms with Crippen molar-refractivity contribution in [1.29, 1.82) is 5.26 Å². The summed E-state index contributed by atoms with van der Waals surface area (Å²) in [5, 5.41) is 20.9. The smallest absolute Gasteiger partial charge is 0.287 e. The predicted molar refractivity (Wildman–Crippen MR) is 118 cm³/mol. The van der Waals surface area contributed by atoms with Crippen molar-refractivity contribution in [2.75, 3.05) is 0 Å². The first-order chi connectivity index (χ1) is 14.9. The minimum Gasteiger partial charge on any atom is -0.493 e. The summed E-state index contributed by atoms with van der Waals surface area (Å²) in [5.41, 5.74) is 0.270. The summed E-state index contributed by atoms with van der Waals surface area (Å²) in [6, 6.07) is 20.6. The van der Waals surface area contributed by atoms with Crippen molar-refractivity contribution in [3.05, 3.63) is 110 Å². The molecule has 0 atom stereocenters. The summed E-state index contributed by atoms with van der Waals surface area (Å²) in [5.74, 6) is -1.18. The molecule has 0 radical (unpaired) electrons. The summed E-state index contributed by atoms with van der Waals surface area (Å²) in [4.78, 5) is 26.4. The molecule has 0 aliphatic carbocycles. The van der Waals surface area contributed by atoms with Gasteiger partial charge in [0.05, 0.1) is 23.0 Å². The molecule has 4 rings (SSSR count). The number of nitriles is 1. The average Bonchev–Trinajstić information content (AvgIpc) is 3.04. The average molecular weight is 450 g/mol. The standard InChI is InChI=1S/C23H13Cl2N3O3/c24-16-5-9-18(10-6-16)27-22(30)20(21(29)15-3-1-14(13-26)2-4-15)23(31)28(27)19-11-7-17(25)8-12-19/h1-12,30H. The number of ketones is 1. The molecule has 3 aromatic carbocycles. The summed E-state index contributed by atoms with van der Waals surface area (Å²) in [6.45, 7) is 0. The van der Waals surface area contributed by atoms with Crippen LogP contribution in [0.4, 0.5) is 0 Å². The lowest BCUT2D eigenvalue weighted by Gasteiger charge is -2.12. The molecule has 1 aromatic heterocycles. The molecule has 0 amide bonds. The highest BCUT2D eigenvalue weighted by Gasteiger charge is 2.27. The van der Waals surface area contributed by atoms with Crippen molar-refractivity contribution in [2.24, 2.45) is 0 Å². The highest BCUT2D eigenvalue weighted by Crippen LogP contribution is 2.26. The van der Waals surface area contributed by atoms with Gasteiger partial charge >= 0.3 is 0 Å². The van der Waals surface area contributed by atoms with E-state index < -0.39 is 22.8 Å². The van der Waals surface area contributed by atoms with Gasteiger partial charge in [0.2, 0.25) is 11.7 Å². The lowest BCUT2D eigenvalue weighted by molar-refractivity contribution is 0.103. The Hall–Kier alpha value is -3.79. The zero-order valence-corrected chi connectivity index (χ0v) is 17.3. The minimum absolute atomic E-state index is 0.169. The molecular formula is C23H13Cl2N3O3. The molecule has 0 bridgehead atoms. The lowest BCUT2D eigenvalue weighted by Crippen LogP contribution is -2.23. The second-order valence-electron chi connectivity index (χ2n) is 6.60. The van der Waals surface area contributed by atoms with Crippen molar-refractivity contribution in [2.45, 2.75) is 0 Å². The maximum atomic E-state index is 13.3. The first kappa shape index (κ1) is 20.5. The third kappa shape index (κ3) is 3.73. The van der Waals surface area contributed by atoms with Gasteiger partial charge in [-0.25, -0.2) is 9.36 Å². The Morgan fingerprint density at radius 1 is 0.806 bits per heavy atom. The van der Waals surface area contributed by atoms with Crippen LogP contribution in [0.2, 0.25) is 10.0 Å². The van der Waals surface area contributed by atoms with Gasteiger partial charge in [0.1, 0.15) is 0 Å². The summed E-state index contributed by atoms with van der Waals surface area (Å²) in [7, 11) is 0. The van der Waals surface area contributed by atoms with E-state index in [1.807, 2.05) is 6.07 Å². The number of benzene rings is 3. The molecule has 31 heavy (non-hydrogen) atoms. The van der Waals surface area contributed by atoms with E-state index >= 15 is 0 Å². The van der Waals surface area contributed by atoms with Crippen LogP contribution in [0.1, 0.15) is 21.5 Å². The summed E-state index contributed by atoms with van der Waals surface area (Å²) >= 11 is 11.9. The van der Waals surface area contributed by atoms with E-state index in [0.717, 1.165) is 0 Å². The molecule has 152 valence electrons. The molecule has 0 saturated heterocycles. The Morgan fingerprint density at radius 2 is 1.29 bits per heavy atom. The van der Waals surface area contributed by atoms with E-state index in [-0.39, 0.29) is 5.56 Å². The molecular weight excluding hydrogens is 437 g/mol. The highest BCUT2D eigenvalue weighted by molar-refractivity contribution is 6.30. The van der Waals surface area contributed by atoms with Crippen LogP contribution < -0.4 is 5.56 Å². The van der Waals surface area contributed by atoms with Gasteiger partial charge < -0.3 is 5.11 Å². The SMILES string of the molecule is N#Cc1ccc(C(=O)c2c(O)n(-c3ccc(Cl)cc3)n(-c3ccc(Cl)cc3)c2=O)cc1. The van der Waals surface area contributed by atoms with E-state index in [2.05, 4.69) is 0 Å². The van der Waals surface area contributed by atoms with Gasteiger partial charge in [-0.1, -0.05) is 23.2 Å². The Kier molecular flexibility index (Phi) is 5.38. The van der Waals surface area contributed by atoms with E-state index in [9.17, 15) is 14.7 Å². The van der Waals surface area contributed by atoms with Crippen LogP contribution in [0.25, 0.3) is 11.4 Å². The van der Waals surface area contributed by atoms with Crippen LogP contribution in [-0.2, 0) is 0 Å². The quantitative estimate of drug-likeness (QED) is 0.455. The first-order valence-corrected chi connectivity index (χ1v) is 9.80. The van der Waals surface area contributed by atoms with Gasteiger partial charge in [0.15, 0.2) is 5.56 Å². The molecule has 0 fully saturated rings. The molecule has 4 aromatic rings. The molecule has 0 saturated carbocycles. The molecule has 0 aliphatic heterocycles. The largest absolute Gasteiger partial charge is 0.493 e. The molecule has 0 aliphatic rings. The van der Waals surface area contributed by atoms with Crippen molar-refractivity contribution in [3.63, 3.8) is 0 Å². The molecule has 1 N–H and O–H groups in total. The van der Waals surface area contributed by atoms with Gasteiger partial charge in [0, 0.05) is 15.6 Å². The fraction of sp³-hybridized carbons (Fsp3) is 0. The van der Waals surface area contributed by atoms with Crippen molar-refractivity contribution in [1.82, 2.24) is 9.36 Å². The molecule has 0 unspecified atom stereocenters. The van der Waals surface area contributed by atoms with Gasteiger partial charge in [-0.05, 0) is 72.8 Å². The van der Waals surface area contributed by atoms with Gasteiger partial charge in [-0.3, -0.25) is 9.59 Å². The number of hydrogen-bond donors (Lipinski definition) is 1.